The average molecular weight is 321 g/mol. The number of nitrogens with two attached hydrogens (primary N) is 1. The third-order valence-corrected chi connectivity index (χ3v) is 4.50. The molecule has 0 aliphatic rings. The summed E-state index contributed by atoms with van der Waals surface area (Å²) in [6, 6.07) is 17.3. The van der Waals surface area contributed by atoms with Gasteiger partial charge in [-0.3, -0.25) is 0 Å². The Morgan fingerprint density at radius 1 is 1.00 bits per heavy atom. The zero-order chi connectivity index (χ0) is 17.2. The third kappa shape index (κ3) is 3.51. The molecule has 0 aliphatic heterocycles. The van der Waals surface area contributed by atoms with Gasteiger partial charge in [0.15, 0.2) is 0 Å². The summed E-state index contributed by atoms with van der Waals surface area (Å²) in [5, 5.41) is 0. The van der Waals surface area contributed by atoms with Gasteiger partial charge in [0, 0.05) is 13.0 Å². The Morgan fingerprint density at radius 3 is 2.38 bits per heavy atom. The van der Waals surface area contributed by atoms with Crippen LogP contribution >= 0.6 is 0 Å². The maximum Gasteiger partial charge on any atom is 0.110 e. The molecule has 0 amide bonds. The predicted octanol–water partition coefficient (Wildman–Crippen LogP) is 4.27. The van der Waals surface area contributed by atoms with Crippen molar-refractivity contribution in [2.24, 2.45) is 5.73 Å². The molecule has 0 spiro atoms. The lowest BCUT2D eigenvalue weighted by Gasteiger charge is -2.19. The van der Waals surface area contributed by atoms with E-state index < -0.39 is 0 Å². The fourth-order valence-corrected chi connectivity index (χ4v) is 3.05. The third-order valence-electron chi connectivity index (χ3n) is 4.50. The van der Waals surface area contributed by atoms with Crippen LogP contribution in [0, 0.1) is 0 Å². The van der Waals surface area contributed by atoms with Crippen molar-refractivity contribution >= 4 is 11.0 Å². The van der Waals surface area contributed by atoms with E-state index >= 15 is 0 Å². The summed E-state index contributed by atoms with van der Waals surface area (Å²) in [5.41, 5.74) is 10.8. The first-order valence-corrected chi connectivity index (χ1v) is 8.72. The predicted molar refractivity (Wildman–Crippen MR) is 101 cm³/mol. The van der Waals surface area contributed by atoms with Crippen molar-refractivity contribution in [3.8, 4) is 0 Å². The molecule has 2 aromatic carbocycles. The zero-order valence-corrected chi connectivity index (χ0v) is 14.9. The number of imidazole rings is 1. The van der Waals surface area contributed by atoms with Crippen LogP contribution in [0.25, 0.3) is 11.0 Å². The SMILES string of the molecule is CC(C)(C)c1ccc(Cn2c(CCCN)nc3ccccc32)cc1. The fraction of sp³-hybridized carbons (Fsp3) is 0.381. The smallest absolute Gasteiger partial charge is 0.110 e. The van der Waals surface area contributed by atoms with E-state index in [1.165, 1.54) is 16.6 Å². The summed E-state index contributed by atoms with van der Waals surface area (Å²) in [4.78, 5) is 4.81. The van der Waals surface area contributed by atoms with Gasteiger partial charge in [-0.2, -0.15) is 0 Å². The Morgan fingerprint density at radius 2 is 1.71 bits per heavy atom. The van der Waals surface area contributed by atoms with Crippen LogP contribution in [0.1, 0.15) is 44.1 Å². The molecule has 0 saturated heterocycles. The van der Waals surface area contributed by atoms with Gasteiger partial charge in [-0.05, 0) is 41.6 Å². The average Bonchev–Trinajstić information content (AvgIpc) is 2.90. The first-order valence-electron chi connectivity index (χ1n) is 8.72. The van der Waals surface area contributed by atoms with Crippen LogP contribution in [0.5, 0.6) is 0 Å². The van der Waals surface area contributed by atoms with Gasteiger partial charge in [0.2, 0.25) is 0 Å². The minimum Gasteiger partial charge on any atom is -0.330 e. The van der Waals surface area contributed by atoms with Crippen molar-refractivity contribution in [1.29, 1.82) is 0 Å². The Labute approximate surface area is 144 Å². The molecule has 0 fully saturated rings. The zero-order valence-electron chi connectivity index (χ0n) is 14.9. The minimum absolute atomic E-state index is 0.187. The molecule has 3 aromatic rings. The number of rotatable bonds is 5. The fourth-order valence-electron chi connectivity index (χ4n) is 3.05. The molecule has 0 aliphatic carbocycles. The van der Waals surface area contributed by atoms with Crippen molar-refractivity contribution in [3.63, 3.8) is 0 Å². The highest BCUT2D eigenvalue weighted by atomic mass is 15.1. The molecule has 24 heavy (non-hydrogen) atoms. The lowest BCUT2D eigenvalue weighted by Crippen LogP contribution is -2.11. The standard InChI is InChI=1S/C21H27N3/c1-21(2,3)17-12-10-16(11-13-17)15-24-19-8-5-4-7-18(19)23-20(24)9-6-14-22/h4-5,7-8,10-13H,6,9,14-15,22H2,1-3H3. The summed E-state index contributed by atoms with van der Waals surface area (Å²) >= 11 is 0. The number of benzene rings is 2. The van der Waals surface area contributed by atoms with Crippen LogP contribution < -0.4 is 5.73 Å². The van der Waals surface area contributed by atoms with Crippen LogP contribution in [0.3, 0.4) is 0 Å². The Balaban J connectivity index is 1.93. The molecule has 3 rings (SSSR count). The molecule has 126 valence electrons. The van der Waals surface area contributed by atoms with Crippen molar-refractivity contribution in [1.82, 2.24) is 9.55 Å². The Kier molecular flexibility index (Phi) is 4.72. The molecule has 3 heteroatoms. The topological polar surface area (TPSA) is 43.8 Å². The molecule has 0 unspecified atom stereocenters. The minimum atomic E-state index is 0.187. The van der Waals surface area contributed by atoms with Gasteiger partial charge < -0.3 is 10.3 Å². The highest BCUT2D eigenvalue weighted by Crippen LogP contribution is 2.23. The molecule has 3 nitrogen and oxygen atoms in total. The van der Waals surface area contributed by atoms with E-state index in [0.717, 1.165) is 30.7 Å². The lowest BCUT2D eigenvalue weighted by atomic mass is 9.87. The summed E-state index contributed by atoms with van der Waals surface area (Å²) < 4.78 is 2.33. The summed E-state index contributed by atoms with van der Waals surface area (Å²) in [7, 11) is 0. The monoisotopic (exact) mass is 321 g/mol. The molecule has 1 aromatic heterocycles. The number of para-hydroxylation sites is 2. The summed E-state index contributed by atoms with van der Waals surface area (Å²) in [6.45, 7) is 8.29. The molecule has 0 atom stereocenters. The molecule has 0 saturated carbocycles. The van der Waals surface area contributed by atoms with Gasteiger partial charge in [-0.1, -0.05) is 57.2 Å². The summed E-state index contributed by atoms with van der Waals surface area (Å²) in [5.74, 6) is 1.13. The van der Waals surface area contributed by atoms with E-state index in [0.29, 0.717) is 6.54 Å². The van der Waals surface area contributed by atoms with E-state index in [1.807, 2.05) is 6.07 Å². The van der Waals surface area contributed by atoms with Gasteiger partial charge in [0.1, 0.15) is 5.82 Å². The molecule has 1 heterocycles. The highest BCUT2D eigenvalue weighted by Gasteiger charge is 2.14. The highest BCUT2D eigenvalue weighted by molar-refractivity contribution is 5.76. The Bertz CT molecular complexity index is 807. The second-order valence-corrected chi connectivity index (χ2v) is 7.44. The summed E-state index contributed by atoms with van der Waals surface area (Å²) in [6.07, 6.45) is 1.89. The van der Waals surface area contributed by atoms with E-state index in [-0.39, 0.29) is 5.41 Å². The van der Waals surface area contributed by atoms with Crippen molar-refractivity contribution in [3.05, 3.63) is 65.5 Å². The maximum atomic E-state index is 5.69. The maximum absolute atomic E-state index is 5.69. The van der Waals surface area contributed by atoms with Crippen molar-refractivity contribution in [2.45, 2.75) is 45.6 Å². The van der Waals surface area contributed by atoms with Crippen LogP contribution in [0.15, 0.2) is 48.5 Å². The molecule has 0 bridgehead atoms. The number of fused-ring (bicyclic) bond motifs is 1. The number of aryl methyl sites for hydroxylation is 1. The Hall–Kier alpha value is -2.13. The number of aromatic nitrogens is 2. The second kappa shape index (κ2) is 6.78. The first-order chi connectivity index (χ1) is 11.5. The van der Waals surface area contributed by atoms with E-state index in [4.69, 9.17) is 10.7 Å². The largest absolute Gasteiger partial charge is 0.330 e. The van der Waals surface area contributed by atoms with E-state index in [2.05, 4.69) is 67.8 Å². The van der Waals surface area contributed by atoms with Gasteiger partial charge in [-0.15, -0.1) is 0 Å². The van der Waals surface area contributed by atoms with Crippen LogP contribution in [0.2, 0.25) is 0 Å². The molecule has 2 N–H and O–H groups in total. The molecule has 0 radical (unpaired) electrons. The second-order valence-electron chi connectivity index (χ2n) is 7.44. The number of hydrogen-bond acceptors (Lipinski definition) is 2. The lowest BCUT2D eigenvalue weighted by molar-refractivity contribution is 0.589. The van der Waals surface area contributed by atoms with Crippen LogP contribution in [-0.2, 0) is 18.4 Å². The van der Waals surface area contributed by atoms with E-state index in [1.54, 1.807) is 0 Å². The normalized spacial score (nSPS) is 12.0. The quantitative estimate of drug-likeness (QED) is 0.762. The van der Waals surface area contributed by atoms with Crippen LogP contribution in [-0.4, -0.2) is 16.1 Å². The molecular weight excluding hydrogens is 294 g/mol. The van der Waals surface area contributed by atoms with Gasteiger partial charge in [-0.25, -0.2) is 4.98 Å². The van der Waals surface area contributed by atoms with Gasteiger partial charge in [0.25, 0.3) is 0 Å². The van der Waals surface area contributed by atoms with Gasteiger partial charge in [0.05, 0.1) is 11.0 Å². The van der Waals surface area contributed by atoms with Crippen molar-refractivity contribution < 1.29 is 0 Å². The number of hydrogen-bond donors (Lipinski definition) is 1. The van der Waals surface area contributed by atoms with E-state index in [9.17, 15) is 0 Å². The van der Waals surface area contributed by atoms with Crippen molar-refractivity contribution in [2.75, 3.05) is 6.54 Å². The number of nitrogens with zero attached hydrogens (tertiary/aromatic N) is 2. The van der Waals surface area contributed by atoms with Crippen LogP contribution in [0.4, 0.5) is 0 Å². The first kappa shape index (κ1) is 16.7. The molecular formula is C21H27N3. The van der Waals surface area contributed by atoms with Gasteiger partial charge >= 0.3 is 0 Å².